The van der Waals surface area contributed by atoms with Gasteiger partial charge in [-0.1, -0.05) is 30.3 Å². The van der Waals surface area contributed by atoms with Gasteiger partial charge in [0.2, 0.25) is 11.8 Å². The van der Waals surface area contributed by atoms with E-state index in [1.54, 1.807) is 11.8 Å². The highest BCUT2D eigenvalue weighted by atomic mass is 32.2. The fourth-order valence-corrected chi connectivity index (χ4v) is 3.86. The molecular weight excluding hydrogens is 346 g/mol. The summed E-state index contributed by atoms with van der Waals surface area (Å²) >= 11 is 1.69. The molecule has 1 aliphatic heterocycles. The third kappa shape index (κ3) is 6.32. The lowest BCUT2D eigenvalue weighted by molar-refractivity contribution is -0.137. The molecule has 2 rings (SSSR count). The van der Waals surface area contributed by atoms with E-state index in [-0.39, 0.29) is 17.9 Å². The minimum absolute atomic E-state index is 0.0450. The van der Waals surface area contributed by atoms with Crippen LogP contribution >= 0.6 is 11.8 Å². The summed E-state index contributed by atoms with van der Waals surface area (Å²) in [6, 6.07) is 9.35. The van der Waals surface area contributed by atoms with E-state index in [1.807, 2.05) is 48.4 Å². The van der Waals surface area contributed by atoms with Crippen LogP contribution in [0.1, 0.15) is 31.7 Å². The summed E-state index contributed by atoms with van der Waals surface area (Å²) in [4.78, 5) is 27.2. The molecule has 0 saturated carbocycles. The number of piperidine rings is 1. The molecule has 0 bridgehead atoms. The van der Waals surface area contributed by atoms with Crippen LogP contribution in [0.5, 0.6) is 0 Å². The molecule has 0 radical (unpaired) electrons. The summed E-state index contributed by atoms with van der Waals surface area (Å²) < 4.78 is 0. The topological polar surface area (TPSA) is 75.4 Å². The van der Waals surface area contributed by atoms with Gasteiger partial charge in [0.1, 0.15) is 6.04 Å². The van der Waals surface area contributed by atoms with Gasteiger partial charge in [0.15, 0.2) is 0 Å². The van der Waals surface area contributed by atoms with E-state index in [4.69, 9.17) is 5.73 Å². The van der Waals surface area contributed by atoms with Crippen molar-refractivity contribution < 1.29 is 9.59 Å². The Morgan fingerprint density at radius 1 is 1.27 bits per heavy atom. The number of amides is 2. The molecule has 1 heterocycles. The van der Waals surface area contributed by atoms with Crippen LogP contribution in [0.25, 0.3) is 0 Å². The van der Waals surface area contributed by atoms with E-state index < -0.39 is 6.04 Å². The SMILES string of the molecule is CSCCC(NC(=O)Cc1ccccc1)C(=O)N1CCC(C(C)N)CC1. The molecular formula is C20H31N3O2S. The molecule has 0 aliphatic carbocycles. The third-order valence-corrected chi connectivity index (χ3v) is 5.69. The molecule has 0 spiro atoms. The molecule has 6 heteroatoms. The van der Waals surface area contributed by atoms with Crippen LogP contribution in [0, 0.1) is 5.92 Å². The number of nitrogens with one attached hydrogen (secondary N) is 1. The first-order valence-electron chi connectivity index (χ1n) is 9.38. The zero-order valence-electron chi connectivity index (χ0n) is 15.8. The van der Waals surface area contributed by atoms with Gasteiger partial charge in [-0.05, 0) is 49.7 Å². The number of benzene rings is 1. The number of thioether (sulfide) groups is 1. The third-order valence-electron chi connectivity index (χ3n) is 5.05. The first-order valence-corrected chi connectivity index (χ1v) is 10.8. The second-order valence-electron chi connectivity index (χ2n) is 7.09. The van der Waals surface area contributed by atoms with Crippen molar-refractivity contribution in [2.45, 2.75) is 44.7 Å². The van der Waals surface area contributed by atoms with Crippen molar-refractivity contribution in [2.75, 3.05) is 25.1 Å². The summed E-state index contributed by atoms with van der Waals surface area (Å²) in [7, 11) is 0. The van der Waals surface area contributed by atoms with Gasteiger partial charge >= 0.3 is 0 Å². The van der Waals surface area contributed by atoms with Crippen molar-refractivity contribution in [3.63, 3.8) is 0 Å². The quantitative estimate of drug-likeness (QED) is 0.727. The maximum absolute atomic E-state index is 12.9. The molecule has 2 unspecified atom stereocenters. The van der Waals surface area contributed by atoms with Gasteiger partial charge in [-0.3, -0.25) is 9.59 Å². The number of rotatable bonds is 8. The van der Waals surface area contributed by atoms with E-state index in [2.05, 4.69) is 5.32 Å². The normalized spacial score (nSPS) is 17.6. The molecule has 1 aromatic carbocycles. The predicted molar refractivity (Wildman–Crippen MR) is 108 cm³/mol. The molecule has 1 aromatic rings. The summed E-state index contributed by atoms with van der Waals surface area (Å²) in [6.45, 7) is 3.50. The first kappa shape index (κ1) is 20.8. The second-order valence-corrected chi connectivity index (χ2v) is 8.07. The molecule has 2 atom stereocenters. The molecule has 1 saturated heterocycles. The van der Waals surface area contributed by atoms with Crippen molar-refractivity contribution >= 4 is 23.6 Å². The molecule has 1 aliphatic rings. The van der Waals surface area contributed by atoms with Crippen molar-refractivity contribution in [1.29, 1.82) is 0 Å². The Morgan fingerprint density at radius 2 is 1.92 bits per heavy atom. The highest BCUT2D eigenvalue weighted by Gasteiger charge is 2.30. The summed E-state index contributed by atoms with van der Waals surface area (Å²) in [5.74, 6) is 1.28. The molecule has 2 amide bonds. The monoisotopic (exact) mass is 377 g/mol. The number of carbonyl (C=O) groups excluding carboxylic acids is 2. The Bertz CT molecular complexity index is 572. The Morgan fingerprint density at radius 3 is 2.50 bits per heavy atom. The lowest BCUT2D eigenvalue weighted by Gasteiger charge is -2.35. The number of carbonyl (C=O) groups is 2. The van der Waals surface area contributed by atoms with Crippen LogP contribution in [0.3, 0.4) is 0 Å². The second kappa shape index (κ2) is 10.6. The molecule has 3 N–H and O–H groups in total. The van der Waals surface area contributed by atoms with Gasteiger partial charge in [0.05, 0.1) is 6.42 Å². The number of hydrogen-bond acceptors (Lipinski definition) is 4. The minimum atomic E-state index is -0.439. The van der Waals surface area contributed by atoms with Gasteiger partial charge in [-0.25, -0.2) is 0 Å². The summed E-state index contributed by atoms with van der Waals surface area (Å²) in [5.41, 5.74) is 6.95. The standard InChI is InChI=1S/C20H31N3O2S/c1-15(21)17-8-11-23(12-9-17)20(25)18(10-13-26-2)22-19(24)14-16-6-4-3-5-7-16/h3-7,15,17-18H,8-14,21H2,1-2H3,(H,22,24). The highest BCUT2D eigenvalue weighted by Crippen LogP contribution is 2.20. The molecule has 1 fully saturated rings. The van der Waals surface area contributed by atoms with Gasteiger partial charge in [-0.15, -0.1) is 0 Å². The van der Waals surface area contributed by atoms with Crippen molar-refractivity contribution in [2.24, 2.45) is 11.7 Å². The Balaban J connectivity index is 1.93. The first-order chi connectivity index (χ1) is 12.5. The summed E-state index contributed by atoms with van der Waals surface area (Å²) in [6.07, 6.45) is 4.86. The average Bonchev–Trinajstić information content (AvgIpc) is 2.65. The van der Waals surface area contributed by atoms with Crippen molar-refractivity contribution in [1.82, 2.24) is 10.2 Å². The smallest absolute Gasteiger partial charge is 0.245 e. The minimum Gasteiger partial charge on any atom is -0.344 e. The largest absolute Gasteiger partial charge is 0.344 e. The predicted octanol–water partition coefficient (Wildman–Crippen LogP) is 2.05. The van der Waals surface area contributed by atoms with Crippen LogP contribution in [0.4, 0.5) is 0 Å². The van der Waals surface area contributed by atoms with E-state index in [1.165, 1.54) is 0 Å². The number of likely N-dealkylation sites (tertiary alicyclic amines) is 1. The van der Waals surface area contributed by atoms with Crippen LogP contribution in [0.2, 0.25) is 0 Å². The zero-order chi connectivity index (χ0) is 18.9. The van der Waals surface area contributed by atoms with Gasteiger partial charge in [0.25, 0.3) is 0 Å². The van der Waals surface area contributed by atoms with Gasteiger partial charge in [-0.2, -0.15) is 11.8 Å². The molecule has 5 nitrogen and oxygen atoms in total. The maximum atomic E-state index is 12.9. The number of nitrogens with zero attached hydrogens (tertiary/aromatic N) is 1. The van der Waals surface area contributed by atoms with E-state index in [0.717, 1.165) is 37.2 Å². The highest BCUT2D eigenvalue weighted by molar-refractivity contribution is 7.98. The van der Waals surface area contributed by atoms with Gasteiger partial charge < -0.3 is 16.0 Å². The van der Waals surface area contributed by atoms with Crippen LogP contribution in [-0.2, 0) is 16.0 Å². The zero-order valence-corrected chi connectivity index (χ0v) is 16.6. The molecule has 26 heavy (non-hydrogen) atoms. The van der Waals surface area contributed by atoms with Crippen LogP contribution in [0.15, 0.2) is 30.3 Å². The summed E-state index contributed by atoms with van der Waals surface area (Å²) in [5, 5.41) is 2.96. The van der Waals surface area contributed by atoms with Crippen LogP contribution < -0.4 is 11.1 Å². The van der Waals surface area contributed by atoms with Crippen molar-refractivity contribution in [3.8, 4) is 0 Å². The maximum Gasteiger partial charge on any atom is 0.245 e. The lowest BCUT2D eigenvalue weighted by atomic mass is 9.90. The number of hydrogen-bond donors (Lipinski definition) is 2. The number of nitrogens with two attached hydrogens (primary N) is 1. The fourth-order valence-electron chi connectivity index (χ4n) is 3.39. The Labute approximate surface area is 161 Å². The Kier molecular flexibility index (Phi) is 8.45. The molecule has 144 valence electrons. The average molecular weight is 378 g/mol. The lowest BCUT2D eigenvalue weighted by Crippen LogP contribution is -2.52. The van der Waals surface area contributed by atoms with Gasteiger partial charge in [0, 0.05) is 19.1 Å². The van der Waals surface area contributed by atoms with Crippen molar-refractivity contribution in [3.05, 3.63) is 35.9 Å². The van der Waals surface area contributed by atoms with E-state index in [9.17, 15) is 9.59 Å². The van der Waals surface area contributed by atoms with E-state index >= 15 is 0 Å². The van der Waals surface area contributed by atoms with E-state index in [0.29, 0.717) is 18.8 Å². The van der Waals surface area contributed by atoms with Crippen LogP contribution in [-0.4, -0.2) is 53.9 Å². The fraction of sp³-hybridized carbons (Fsp3) is 0.600. The molecule has 0 aromatic heterocycles. The Hall–Kier alpha value is -1.53.